The van der Waals surface area contributed by atoms with Gasteiger partial charge in [-0.1, -0.05) is 30.3 Å². The largest absolute Gasteiger partial charge is 0.461 e. The van der Waals surface area contributed by atoms with Crippen LogP contribution in [0.25, 0.3) is 0 Å². The van der Waals surface area contributed by atoms with E-state index in [-0.39, 0.29) is 19.2 Å². The van der Waals surface area contributed by atoms with Crippen LogP contribution in [-0.2, 0) is 25.6 Å². The molecule has 0 amide bonds. The summed E-state index contributed by atoms with van der Waals surface area (Å²) in [6, 6.07) is 9.60. The van der Waals surface area contributed by atoms with Crippen LogP contribution in [0, 0.1) is 0 Å². The monoisotopic (exact) mass is 330 g/mol. The number of hydrogen-bond donors (Lipinski definition) is 2. The van der Waals surface area contributed by atoms with Crippen LogP contribution in [0.2, 0.25) is 0 Å². The van der Waals surface area contributed by atoms with Crippen molar-refractivity contribution in [2.24, 2.45) is 0 Å². The van der Waals surface area contributed by atoms with Crippen LogP contribution in [0.5, 0.6) is 0 Å². The third kappa shape index (κ3) is 22.9. The van der Waals surface area contributed by atoms with Gasteiger partial charge in [-0.2, -0.15) is 0 Å². The number of hydrogen-bond acceptors (Lipinski definition) is 6. The Morgan fingerprint density at radius 2 is 1.48 bits per heavy atom. The van der Waals surface area contributed by atoms with Gasteiger partial charge in [0.25, 0.3) is 0 Å². The number of carbonyl (C=O) groups is 1. The number of benzene rings is 1. The molecule has 1 aromatic rings. The molecule has 0 radical (unpaired) electrons. The highest BCUT2D eigenvalue weighted by molar-refractivity contribution is 5.65. The molecule has 0 fully saturated rings. The third-order valence-electron chi connectivity index (χ3n) is 2.16. The van der Waals surface area contributed by atoms with Gasteiger partial charge in [-0.3, -0.25) is 4.79 Å². The van der Waals surface area contributed by atoms with E-state index in [2.05, 4.69) is 4.74 Å². The number of rotatable bonds is 8. The lowest BCUT2D eigenvalue weighted by Crippen LogP contribution is -2.03. The predicted octanol–water partition coefficient (Wildman–Crippen LogP) is 1.78. The number of ether oxygens (including phenoxy) is 3. The molecule has 2 N–H and O–H groups in total. The molecule has 6 nitrogen and oxygen atoms in total. The van der Waals surface area contributed by atoms with Gasteiger partial charge in [0.2, 0.25) is 0 Å². The van der Waals surface area contributed by atoms with E-state index in [0.29, 0.717) is 19.8 Å². The van der Waals surface area contributed by atoms with Gasteiger partial charge in [-0.05, 0) is 19.4 Å². The minimum absolute atomic E-state index is 0.0278. The van der Waals surface area contributed by atoms with Gasteiger partial charge in [0.15, 0.2) is 0 Å². The van der Waals surface area contributed by atoms with Crippen molar-refractivity contribution in [1.82, 2.24) is 0 Å². The Labute approximate surface area is 139 Å². The lowest BCUT2D eigenvalue weighted by Gasteiger charge is -1.99. The van der Waals surface area contributed by atoms with Crippen LogP contribution in [0.4, 0.5) is 0 Å². The molecule has 0 bridgehead atoms. The van der Waals surface area contributed by atoms with Gasteiger partial charge in [-0.25, -0.2) is 0 Å². The molecule has 0 unspecified atom stereocenters. The van der Waals surface area contributed by atoms with Gasteiger partial charge in [-0.15, -0.1) is 0 Å². The molecule has 0 spiro atoms. The van der Waals surface area contributed by atoms with Crippen LogP contribution in [0.3, 0.4) is 0 Å². The van der Waals surface area contributed by atoms with Crippen LogP contribution in [0.15, 0.2) is 30.3 Å². The number of esters is 1. The molecule has 0 saturated carbocycles. The summed E-state index contributed by atoms with van der Waals surface area (Å²) in [7, 11) is 0. The first-order valence-electron chi connectivity index (χ1n) is 7.66. The molecule has 1 aromatic carbocycles. The number of carbonyl (C=O) groups excluding carboxylic acids is 1. The van der Waals surface area contributed by atoms with Gasteiger partial charge in [0.1, 0.15) is 6.61 Å². The van der Waals surface area contributed by atoms with E-state index in [1.807, 2.05) is 44.2 Å². The molecule has 0 aromatic heterocycles. The van der Waals surface area contributed by atoms with E-state index in [9.17, 15) is 4.79 Å². The summed E-state index contributed by atoms with van der Waals surface area (Å²) >= 11 is 0. The minimum atomic E-state index is -0.242. The Balaban J connectivity index is 0. The second-order valence-electron chi connectivity index (χ2n) is 4.11. The predicted molar refractivity (Wildman–Crippen MR) is 89.1 cm³/mol. The summed E-state index contributed by atoms with van der Waals surface area (Å²) in [5.74, 6) is -0.242. The summed E-state index contributed by atoms with van der Waals surface area (Å²) in [6.45, 7) is 8.14. The molecule has 1 rings (SSSR count). The Hall–Kier alpha value is -1.47. The first-order chi connectivity index (χ1) is 11.1. The number of aliphatic hydroxyl groups excluding tert-OH is 2. The molecule has 0 aliphatic rings. The van der Waals surface area contributed by atoms with E-state index in [0.717, 1.165) is 18.8 Å². The van der Waals surface area contributed by atoms with Gasteiger partial charge in [0.05, 0.1) is 26.4 Å². The molecule has 23 heavy (non-hydrogen) atoms. The van der Waals surface area contributed by atoms with Crippen LogP contribution in [-0.4, -0.2) is 55.8 Å². The van der Waals surface area contributed by atoms with Crippen LogP contribution >= 0.6 is 0 Å². The third-order valence-corrected chi connectivity index (χ3v) is 2.16. The molecule has 6 heteroatoms. The summed E-state index contributed by atoms with van der Waals surface area (Å²) in [5, 5.41) is 16.2. The van der Waals surface area contributed by atoms with Crippen molar-refractivity contribution >= 4 is 5.97 Å². The maximum absolute atomic E-state index is 10.4. The maximum Gasteiger partial charge on any atom is 0.302 e. The van der Waals surface area contributed by atoms with Crippen molar-refractivity contribution in [3.05, 3.63) is 35.9 Å². The van der Waals surface area contributed by atoms with Crippen LogP contribution in [0.1, 0.15) is 26.3 Å². The zero-order valence-corrected chi connectivity index (χ0v) is 14.4. The SMILES string of the molecule is CC(=O)OCc1ccccc1.CCOCC.OCCOCCO. The normalized spacial score (nSPS) is 9.09. The van der Waals surface area contributed by atoms with Crippen LogP contribution < -0.4 is 0 Å². The molecule has 0 aliphatic heterocycles. The Morgan fingerprint density at radius 1 is 0.957 bits per heavy atom. The Morgan fingerprint density at radius 3 is 1.83 bits per heavy atom. The quantitative estimate of drug-likeness (QED) is 0.558. The lowest BCUT2D eigenvalue weighted by atomic mass is 10.2. The molecule has 0 saturated heterocycles. The fourth-order valence-corrected chi connectivity index (χ4v) is 1.19. The smallest absolute Gasteiger partial charge is 0.302 e. The fourth-order valence-electron chi connectivity index (χ4n) is 1.19. The highest BCUT2D eigenvalue weighted by Gasteiger charge is 1.93. The molecule has 0 aliphatic carbocycles. The molecule has 0 atom stereocenters. The first-order valence-corrected chi connectivity index (χ1v) is 7.66. The van der Waals surface area contributed by atoms with Gasteiger partial charge < -0.3 is 24.4 Å². The van der Waals surface area contributed by atoms with Crippen molar-refractivity contribution in [3.8, 4) is 0 Å². The van der Waals surface area contributed by atoms with Crippen molar-refractivity contribution in [3.63, 3.8) is 0 Å². The first kappa shape index (κ1) is 23.8. The fraction of sp³-hybridized carbons (Fsp3) is 0.588. The topological polar surface area (TPSA) is 85.2 Å². The zero-order chi connectivity index (χ0) is 17.8. The minimum Gasteiger partial charge on any atom is -0.461 e. The Bertz CT molecular complexity index is 336. The van der Waals surface area contributed by atoms with Crippen molar-refractivity contribution in [2.75, 3.05) is 39.6 Å². The standard InChI is InChI=1S/C9H10O2.C4H10O3.C4H10O/c1-8(10)11-7-9-5-3-2-4-6-9;5-1-3-7-4-2-6;1-3-5-4-2/h2-6H,7H2,1H3;5-6H,1-4H2;3-4H2,1-2H3. The van der Waals surface area contributed by atoms with E-state index < -0.39 is 0 Å². The molecular weight excluding hydrogens is 300 g/mol. The maximum atomic E-state index is 10.4. The highest BCUT2D eigenvalue weighted by atomic mass is 16.5. The molecule has 134 valence electrons. The molecule has 0 heterocycles. The van der Waals surface area contributed by atoms with Gasteiger partial charge >= 0.3 is 5.97 Å². The van der Waals surface area contributed by atoms with Crippen molar-refractivity contribution in [2.45, 2.75) is 27.4 Å². The highest BCUT2D eigenvalue weighted by Crippen LogP contribution is 1.99. The second kappa shape index (κ2) is 20.5. The van der Waals surface area contributed by atoms with E-state index in [1.165, 1.54) is 6.92 Å². The summed E-state index contributed by atoms with van der Waals surface area (Å²) in [5.41, 5.74) is 1.02. The second-order valence-corrected chi connectivity index (χ2v) is 4.11. The summed E-state index contributed by atoms with van der Waals surface area (Å²) in [6.07, 6.45) is 0. The van der Waals surface area contributed by atoms with E-state index in [4.69, 9.17) is 19.7 Å². The molecular formula is C17H30O6. The van der Waals surface area contributed by atoms with Crippen molar-refractivity contribution < 1.29 is 29.2 Å². The average Bonchev–Trinajstić information content (AvgIpc) is 2.56. The van der Waals surface area contributed by atoms with Crippen molar-refractivity contribution in [1.29, 1.82) is 0 Å². The van der Waals surface area contributed by atoms with Gasteiger partial charge in [0, 0.05) is 20.1 Å². The Kier molecular flexibility index (Phi) is 21.2. The summed E-state index contributed by atoms with van der Waals surface area (Å²) in [4.78, 5) is 10.4. The zero-order valence-electron chi connectivity index (χ0n) is 14.4. The number of aliphatic hydroxyl groups is 2. The average molecular weight is 330 g/mol. The van der Waals surface area contributed by atoms with E-state index >= 15 is 0 Å². The van der Waals surface area contributed by atoms with E-state index in [1.54, 1.807) is 0 Å². The summed E-state index contributed by atoms with van der Waals surface area (Å²) < 4.78 is 14.3. The lowest BCUT2D eigenvalue weighted by molar-refractivity contribution is -0.142.